The van der Waals surface area contributed by atoms with E-state index in [4.69, 9.17) is 5.84 Å². The predicted molar refractivity (Wildman–Crippen MR) is 62.0 cm³/mol. The second kappa shape index (κ2) is 5.88. The summed E-state index contributed by atoms with van der Waals surface area (Å²) in [6, 6.07) is 2.20. The van der Waals surface area contributed by atoms with Gasteiger partial charge in [0.05, 0.1) is 11.7 Å². The Kier molecular flexibility index (Phi) is 4.78. The minimum atomic E-state index is 0.185. The van der Waals surface area contributed by atoms with Crippen LogP contribution in [0.2, 0.25) is 0 Å². The molecular formula is C11H22N4. The molecule has 0 saturated heterocycles. The minimum Gasteiger partial charge on any atom is -0.275 e. The van der Waals surface area contributed by atoms with E-state index in [0.717, 1.165) is 18.0 Å². The Labute approximate surface area is 91.8 Å². The third-order valence-electron chi connectivity index (χ3n) is 2.57. The summed E-state index contributed by atoms with van der Waals surface area (Å²) >= 11 is 0. The Morgan fingerprint density at radius 1 is 1.47 bits per heavy atom. The lowest BCUT2D eigenvalue weighted by Gasteiger charge is -2.13. The fraction of sp³-hybridized carbons (Fsp3) is 0.727. The smallest absolute Gasteiger partial charge is 0.0807 e. The second-order valence-corrected chi connectivity index (χ2v) is 4.46. The van der Waals surface area contributed by atoms with Crippen LogP contribution in [0.4, 0.5) is 0 Å². The largest absolute Gasteiger partial charge is 0.275 e. The first kappa shape index (κ1) is 12.2. The average molecular weight is 210 g/mol. The summed E-state index contributed by atoms with van der Waals surface area (Å²) in [4.78, 5) is 0. The molecule has 0 saturated carbocycles. The molecule has 0 radical (unpaired) electrons. The molecule has 1 aromatic rings. The van der Waals surface area contributed by atoms with Gasteiger partial charge in [0, 0.05) is 13.2 Å². The van der Waals surface area contributed by atoms with Crippen LogP contribution in [0.5, 0.6) is 0 Å². The molecule has 0 aliphatic rings. The third-order valence-corrected chi connectivity index (χ3v) is 2.57. The van der Waals surface area contributed by atoms with E-state index in [1.54, 1.807) is 0 Å². The predicted octanol–water partition coefficient (Wildman–Crippen LogP) is 1.75. The van der Waals surface area contributed by atoms with Gasteiger partial charge in [-0.25, -0.2) is 0 Å². The van der Waals surface area contributed by atoms with Gasteiger partial charge in [0.2, 0.25) is 0 Å². The molecule has 0 aliphatic heterocycles. The molecule has 86 valence electrons. The zero-order chi connectivity index (χ0) is 11.3. The molecule has 1 aromatic heterocycles. The number of aromatic nitrogens is 2. The molecule has 1 heterocycles. The summed E-state index contributed by atoms with van der Waals surface area (Å²) in [5.74, 6) is 6.29. The fourth-order valence-corrected chi connectivity index (χ4v) is 1.67. The number of hydrogen-bond donors (Lipinski definition) is 2. The average Bonchev–Trinajstić information content (AvgIpc) is 2.59. The van der Waals surface area contributed by atoms with Crippen LogP contribution in [-0.4, -0.2) is 9.78 Å². The van der Waals surface area contributed by atoms with Gasteiger partial charge in [0.25, 0.3) is 0 Å². The lowest BCUT2D eigenvalue weighted by Crippen LogP contribution is -2.28. The number of hydrogen-bond acceptors (Lipinski definition) is 3. The highest BCUT2D eigenvalue weighted by Gasteiger charge is 2.11. The van der Waals surface area contributed by atoms with Gasteiger partial charge in [0.1, 0.15) is 0 Å². The van der Waals surface area contributed by atoms with E-state index < -0.39 is 0 Å². The number of nitrogens with zero attached hydrogens (tertiary/aromatic N) is 2. The van der Waals surface area contributed by atoms with E-state index in [9.17, 15) is 0 Å². The summed E-state index contributed by atoms with van der Waals surface area (Å²) in [6.45, 7) is 4.48. The first-order chi connectivity index (χ1) is 7.13. The van der Waals surface area contributed by atoms with E-state index in [0.29, 0.717) is 0 Å². The van der Waals surface area contributed by atoms with E-state index in [1.807, 2.05) is 24.0 Å². The van der Waals surface area contributed by atoms with Crippen molar-refractivity contribution >= 4 is 0 Å². The van der Waals surface area contributed by atoms with E-state index >= 15 is 0 Å². The maximum Gasteiger partial charge on any atom is 0.0807 e. The van der Waals surface area contributed by atoms with Gasteiger partial charge in [0.15, 0.2) is 0 Å². The van der Waals surface area contributed by atoms with Crippen molar-refractivity contribution in [3.8, 4) is 0 Å². The molecule has 4 nitrogen and oxygen atoms in total. The topological polar surface area (TPSA) is 55.9 Å². The second-order valence-electron chi connectivity index (χ2n) is 4.46. The Bertz CT molecular complexity index is 280. The molecule has 3 N–H and O–H groups in total. The van der Waals surface area contributed by atoms with Crippen molar-refractivity contribution in [2.75, 3.05) is 0 Å². The van der Waals surface area contributed by atoms with Crippen LogP contribution in [0.1, 0.15) is 44.8 Å². The van der Waals surface area contributed by atoms with Gasteiger partial charge >= 0.3 is 0 Å². The molecular weight excluding hydrogens is 188 g/mol. The first-order valence-electron chi connectivity index (χ1n) is 5.59. The zero-order valence-corrected chi connectivity index (χ0v) is 9.90. The molecule has 4 heteroatoms. The van der Waals surface area contributed by atoms with Gasteiger partial charge in [-0.3, -0.25) is 16.0 Å². The standard InChI is InChI=1S/C11H22N4/c1-9(2)5-4-6-10(13-12)11-7-8-15(3)14-11/h7-10,13H,4-6,12H2,1-3H3. The zero-order valence-electron chi connectivity index (χ0n) is 9.90. The highest BCUT2D eigenvalue weighted by molar-refractivity contribution is 5.04. The summed E-state index contributed by atoms with van der Waals surface area (Å²) in [5.41, 5.74) is 3.86. The molecule has 0 spiro atoms. The number of rotatable bonds is 6. The molecule has 0 bridgehead atoms. The lowest BCUT2D eigenvalue weighted by molar-refractivity contribution is 0.445. The van der Waals surface area contributed by atoms with Crippen molar-refractivity contribution in [2.45, 2.75) is 39.2 Å². The molecule has 0 amide bonds. The van der Waals surface area contributed by atoms with Crippen LogP contribution in [0.15, 0.2) is 12.3 Å². The summed E-state index contributed by atoms with van der Waals surface area (Å²) in [7, 11) is 1.92. The van der Waals surface area contributed by atoms with Gasteiger partial charge in [-0.1, -0.05) is 26.7 Å². The van der Waals surface area contributed by atoms with Crippen LogP contribution in [0, 0.1) is 5.92 Å². The SMILES string of the molecule is CC(C)CCCC(NN)c1ccn(C)n1. The van der Waals surface area contributed by atoms with Crippen LogP contribution >= 0.6 is 0 Å². The Morgan fingerprint density at radius 3 is 2.67 bits per heavy atom. The van der Waals surface area contributed by atoms with Crippen molar-refractivity contribution in [2.24, 2.45) is 18.8 Å². The molecule has 0 aliphatic carbocycles. The van der Waals surface area contributed by atoms with Gasteiger partial charge < -0.3 is 0 Å². The minimum absolute atomic E-state index is 0.185. The van der Waals surface area contributed by atoms with E-state index in [2.05, 4.69) is 24.4 Å². The van der Waals surface area contributed by atoms with Crippen molar-refractivity contribution in [3.63, 3.8) is 0 Å². The Morgan fingerprint density at radius 2 is 2.20 bits per heavy atom. The van der Waals surface area contributed by atoms with Crippen molar-refractivity contribution in [1.82, 2.24) is 15.2 Å². The normalized spacial score (nSPS) is 13.4. The van der Waals surface area contributed by atoms with Gasteiger partial charge in [-0.2, -0.15) is 5.10 Å². The number of nitrogens with one attached hydrogen (secondary N) is 1. The fourth-order valence-electron chi connectivity index (χ4n) is 1.67. The monoisotopic (exact) mass is 210 g/mol. The lowest BCUT2D eigenvalue weighted by atomic mass is 10.0. The van der Waals surface area contributed by atoms with Crippen LogP contribution in [0.25, 0.3) is 0 Å². The van der Waals surface area contributed by atoms with Crippen molar-refractivity contribution < 1.29 is 0 Å². The van der Waals surface area contributed by atoms with E-state index in [-0.39, 0.29) is 6.04 Å². The van der Waals surface area contributed by atoms with Crippen molar-refractivity contribution in [1.29, 1.82) is 0 Å². The molecule has 15 heavy (non-hydrogen) atoms. The molecule has 0 fully saturated rings. The summed E-state index contributed by atoms with van der Waals surface area (Å²) in [6.07, 6.45) is 5.42. The van der Waals surface area contributed by atoms with E-state index in [1.165, 1.54) is 12.8 Å². The van der Waals surface area contributed by atoms with Crippen LogP contribution in [0.3, 0.4) is 0 Å². The maximum atomic E-state index is 5.53. The highest BCUT2D eigenvalue weighted by Crippen LogP contribution is 2.18. The molecule has 0 aromatic carbocycles. The number of aryl methyl sites for hydroxylation is 1. The third kappa shape index (κ3) is 4.01. The summed E-state index contributed by atoms with van der Waals surface area (Å²) in [5, 5.41) is 4.35. The highest BCUT2D eigenvalue weighted by atomic mass is 15.3. The van der Waals surface area contributed by atoms with Crippen LogP contribution < -0.4 is 11.3 Å². The first-order valence-corrected chi connectivity index (χ1v) is 5.59. The summed E-state index contributed by atoms with van der Waals surface area (Å²) < 4.78 is 1.81. The van der Waals surface area contributed by atoms with Crippen LogP contribution in [-0.2, 0) is 7.05 Å². The maximum absolute atomic E-state index is 5.53. The van der Waals surface area contributed by atoms with Gasteiger partial charge in [-0.05, 0) is 18.4 Å². The Balaban J connectivity index is 2.42. The molecule has 1 rings (SSSR count). The number of hydrazine groups is 1. The quantitative estimate of drug-likeness (QED) is 0.555. The Hall–Kier alpha value is -0.870. The number of nitrogens with two attached hydrogens (primary N) is 1. The molecule has 1 atom stereocenters. The van der Waals surface area contributed by atoms with Gasteiger partial charge in [-0.15, -0.1) is 0 Å². The van der Waals surface area contributed by atoms with Crippen molar-refractivity contribution in [3.05, 3.63) is 18.0 Å². The molecule has 1 unspecified atom stereocenters.